The van der Waals surface area contributed by atoms with Gasteiger partial charge < -0.3 is 14.6 Å². The number of benzene rings is 1. The van der Waals surface area contributed by atoms with E-state index in [1.54, 1.807) is 6.92 Å². The van der Waals surface area contributed by atoms with Crippen LogP contribution in [0.2, 0.25) is 5.02 Å². The Morgan fingerprint density at radius 3 is 2.57 bits per heavy atom. The van der Waals surface area contributed by atoms with Crippen molar-refractivity contribution in [2.75, 3.05) is 26.3 Å². The Morgan fingerprint density at radius 2 is 1.93 bits per heavy atom. The third kappa shape index (κ3) is 3.96. The Morgan fingerprint density at radius 1 is 1.23 bits per heavy atom. The maximum absolute atomic E-state index is 13.2. The first kappa shape index (κ1) is 21.2. The number of ether oxygens (including phenoxy) is 1. The summed E-state index contributed by atoms with van der Waals surface area (Å²) in [5.41, 5.74) is -0.658. The summed E-state index contributed by atoms with van der Waals surface area (Å²) in [5.74, 6) is 0.379. The highest BCUT2D eigenvalue weighted by atomic mass is 35.5. The molecule has 162 valence electrons. The topological polar surface area (TPSA) is 115 Å². The summed E-state index contributed by atoms with van der Waals surface area (Å²) in [6.45, 7) is 2.91. The van der Waals surface area contributed by atoms with Crippen molar-refractivity contribution in [3.8, 4) is 0 Å². The van der Waals surface area contributed by atoms with Gasteiger partial charge >= 0.3 is 0 Å². The lowest BCUT2D eigenvalue weighted by Gasteiger charge is -2.28. The zero-order valence-corrected chi connectivity index (χ0v) is 18.1. The second kappa shape index (κ2) is 8.26. The molecular formula is C19H23ClN4O5S. The van der Waals surface area contributed by atoms with Crippen molar-refractivity contribution in [2.24, 2.45) is 0 Å². The van der Waals surface area contributed by atoms with Crippen LogP contribution in [0.25, 0.3) is 0 Å². The number of nitrogens with zero attached hydrogens (tertiary/aromatic N) is 3. The molecular weight excluding hydrogens is 432 g/mol. The van der Waals surface area contributed by atoms with Gasteiger partial charge in [0.1, 0.15) is 5.54 Å². The Labute approximate surface area is 179 Å². The van der Waals surface area contributed by atoms with Gasteiger partial charge in [0.05, 0.1) is 28.7 Å². The van der Waals surface area contributed by atoms with Crippen LogP contribution in [0.5, 0.6) is 0 Å². The smallest absolute Gasteiger partial charge is 0.253 e. The molecule has 0 spiro atoms. The first-order valence-corrected chi connectivity index (χ1v) is 11.6. The lowest BCUT2D eigenvalue weighted by Crippen LogP contribution is -2.45. The average molecular weight is 455 g/mol. The van der Waals surface area contributed by atoms with E-state index in [4.69, 9.17) is 20.9 Å². The lowest BCUT2D eigenvalue weighted by molar-refractivity contribution is 0.0730. The van der Waals surface area contributed by atoms with Gasteiger partial charge in [0, 0.05) is 20.0 Å². The highest BCUT2D eigenvalue weighted by Crippen LogP contribution is 2.38. The van der Waals surface area contributed by atoms with Crippen molar-refractivity contribution >= 4 is 27.5 Å². The Hall–Kier alpha value is -2.01. The van der Waals surface area contributed by atoms with Gasteiger partial charge in [-0.25, -0.2) is 8.42 Å². The second-order valence-electron chi connectivity index (χ2n) is 7.54. The number of aryl methyl sites for hydroxylation is 1. The van der Waals surface area contributed by atoms with Crippen LogP contribution in [-0.2, 0) is 20.3 Å². The molecule has 1 aromatic carbocycles. The molecule has 1 N–H and O–H groups in total. The molecule has 2 aromatic rings. The minimum Gasteiger partial charge on any atom is -0.379 e. The normalized spacial score (nSPS) is 19.7. The second-order valence-corrected chi connectivity index (χ2v) is 9.88. The highest BCUT2D eigenvalue weighted by Gasteiger charge is 2.41. The zero-order chi connectivity index (χ0) is 21.4. The number of nitrogens with one attached hydrogen (secondary N) is 1. The number of hydrogen-bond acceptors (Lipinski definition) is 7. The number of rotatable bonds is 5. The Kier molecular flexibility index (Phi) is 5.84. The molecule has 1 saturated carbocycles. The number of carbonyl (C=O) groups excluding carboxylic acids is 1. The maximum atomic E-state index is 13.2. The molecule has 1 aromatic heterocycles. The van der Waals surface area contributed by atoms with Crippen LogP contribution in [0.1, 0.15) is 47.8 Å². The molecule has 30 heavy (non-hydrogen) atoms. The Balaban J connectivity index is 1.63. The van der Waals surface area contributed by atoms with Crippen LogP contribution in [-0.4, -0.2) is 55.1 Å². The van der Waals surface area contributed by atoms with Gasteiger partial charge in [-0.05, 0) is 31.0 Å². The van der Waals surface area contributed by atoms with E-state index in [9.17, 15) is 13.2 Å². The average Bonchev–Trinajstić information content (AvgIpc) is 3.38. The summed E-state index contributed by atoms with van der Waals surface area (Å²) in [6.07, 6.45) is 3.16. The van der Waals surface area contributed by atoms with Gasteiger partial charge in [-0.15, -0.1) is 0 Å². The molecule has 9 nitrogen and oxygen atoms in total. The van der Waals surface area contributed by atoms with Crippen LogP contribution in [0, 0.1) is 6.92 Å². The quantitative estimate of drug-likeness (QED) is 0.736. The molecule has 0 unspecified atom stereocenters. The predicted molar refractivity (Wildman–Crippen MR) is 108 cm³/mol. The van der Waals surface area contributed by atoms with E-state index < -0.39 is 21.5 Å². The third-order valence-corrected chi connectivity index (χ3v) is 7.78. The first-order chi connectivity index (χ1) is 14.3. The van der Waals surface area contributed by atoms with Crippen LogP contribution >= 0.6 is 11.6 Å². The number of carbonyl (C=O) groups is 1. The van der Waals surface area contributed by atoms with Gasteiger partial charge in [-0.1, -0.05) is 29.6 Å². The molecule has 1 amide bonds. The molecule has 2 aliphatic rings. The van der Waals surface area contributed by atoms with Crippen molar-refractivity contribution in [3.05, 3.63) is 40.5 Å². The monoisotopic (exact) mass is 454 g/mol. The number of aromatic nitrogens is 2. The van der Waals surface area contributed by atoms with Crippen molar-refractivity contribution in [3.63, 3.8) is 0 Å². The molecule has 2 fully saturated rings. The van der Waals surface area contributed by atoms with Crippen LogP contribution in [0.3, 0.4) is 0 Å². The predicted octanol–water partition coefficient (Wildman–Crippen LogP) is 2.25. The van der Waals surface area contributed by atoms with Crippen molar-refractivity contribution in [1.82, 2.24) is 19.8 Å². The molecule has 11 heteroatoms. The van der Waals surface area contributed by atoms with Crippen LogP contribution in [0.15, 0.2) is 27.6 Å². The summed E-state index contributed by atoms with van der Waals surface area (Å²) in [5, 5.41) is 7.18. The minimum absolute atomic E-state index is 0.0230. The minimum atomic E-state index is -3.75. The fraction of sp³-hybridized carbons (Fsp3) is 0.526. The lowest BCUT2D eigenvalue weighted by atomic mass is 9.96. The summed E-state index contributed by atoms with van der Waals surface area (Å²) >= 11 is 6.27. The fourth-order valence-corrected chi connectivity index (χ4v) is 5.57. The Bertz CT molecular complexity index is 1040. The van der Waals surface area contributed by atoms with Gasteiger partial charge in [-0.3, -0.25) is 4.79 Å². The van der Waals surface area contributed by atoms with E-state index in [1.807, 2.05) is 0 Å². The van der Waals surface area contributed by atoms with E-state index in [0.717, 1.165) is 12.8 Å². The van der Waals surface area contributed by atoms with Gasteiger partial charge in [0.15, 0.2) is 5.82 Å². The highest BCUT2D eigenvalue weighted by molar-refractivity contribution is 7.89. The third-order valence-electron chi connectivity index (χ3n) is 5.56. The number of amides is 1. The van der Waals surface area contributed by atoms with Crippen molar-refractivity contribution in [1.29, 1.82) is 0 Å². The molecule has 4 rings (SSSR count). The molecule has 1 aliphatic heterocycles. The molecule has 0 atom stereocenters. The summed E-state index contributed by atoms with van der Waals surface area (Å²) in [4.78, 5) is 17.5. The van der Waals surface area contributed by atoms with Gasteiger partial charge in [0.25, 0.3) is 5.91 Å². The summed E-state index contributed by atoms with van der Waals surface area (Å²) < 4.78 is 37.6. The number of sulfonamides is 1. The van der Waals surface area contributed by atoms with Crippen molar-refractivity contribution < 1.29 is 22.5 Å². The standard InChI is InChI=1S/C19H23ClN4O5S/c1-13-21-18(23-29-13)19(6-2-3-7-19)22-17(25)15-12-14(4-5-16(15)20)30(26,27)24-8-10-28-11-9-24/h4-5,12H,2-3,6-11H2,1H3,(H,22,25). The van der Waals surface area contributed by atoms with E-state index >= 15 is 0 Å². The van der Waals surface area contributed by atoms with E-state index in [0.29, 0.717) is 37.8 Å². The van der Waals surface area contributed by atoms with Crippen LogP contribution < -0.4 is 5.32 Å². The molecule has 2 heterocycles. The summed E-state index contributed by atoms with van der Waals surface area (Å²) in [7, 11) is -3.75. The van der Waals surface area contributed by atoms with E-state index in [2.05, 4.69) is 15.5 Å². The van der Waals surface area contributed by atoms with E-state index in [1.165, 1.54) is 22.5 Å². The maximum Gasteiger partial charge on any atom is 0.253 e. The first-order valence-electron chi connectivity index (χ1n) is 9.83. The fourth-order valence-electron chi connectivity index (χ4n) is 3.94. The number of hydrogen-bond donors (Lipinski definition) is 1. The molecule has 0 bridgehead atoms. The molecule has 0 radical (unpaired) electrons. The number of morpholine rings is 1. The molecule has 1 saturated heterocycles. The van der Waals surface area contributed by atoms with Crippen LogP contribution in [0.4, 0.5) is 0 Å². The zero-order valence-electron chi connectivity index (χ0n) is 16.6. The van der Waals surface area contributed by atoms with Gasteiger partial charge in [-0.2, -0.15) is 9.29 Å². The largest absolute Gasteiger partial charge is 0.379 e. The number of halogens is 1. The van der Waals surface area contributed by atoms with E-state index in [-0.39, 0.29) is 28.6 Å². The molecule has 1 aliphatic carbocycles. The van der Waals surface area contributed by atoms with Gasteiger partial charge in [0.2, 0.25) is 15.9 Å². The van der Waals surface area contributed by atoms with Crippen molar-refractivity contribution in [2.45, 2.75) is 43.0 Å². The summed E-state index contributed by atoms with van der Waals surface area (Å²) in [6, 6.07) is 4.17. The SMILES string of the molecule is Cc1nc(C2(NC(=O)c3cc(S(=O)(=O)N4CCOCC4)ccc3Cl)CCCC2)no1.